The van der Waals surface area contributed by atoms with Crippen LogP contribution in [0.4, 0.5) is 52.7 Å². The zero-order valence-corrected chi connectivity index (χ0v) is 57.0. The van der Waals surface area contributed by atoms with E-state index in [9.17, 15) is 92.6 Å². The normalized spacial score (nSPS) is 13.8. The van der Waals surface area contributed by atoms with Gasteiger partial charge in [-0.25, -0.2) is 16.8 Å². The van der Waals surface area contributed by atoms with Crippen molar-refractivity contribution in [1.29, 1.82) is 0 Å². The van der Waals surface area contributed by atoms with Crippen LogP contribution >= 0.6 is 0 Å². The summed E-state index contributed by atoms with van der Waals surface area (Å²) in [6, 6.07) is 48.4. The Morgan fingerprint density at radius 2 is 0.947 bits per heavy atom. The largest absolute Gasteiger partial charge is 0.488 e. The van der Waals surface area contributed by atoms with Gasteiger partial charge in [-0.05, 0) is 163 Å². The average Bonchev–Trinajstić information content (AvgIpc) is 0.717. The number of carbonyl (C=O) groups is 2. The highest BCUT2D eigenvalue weighted by atomic mass is 32.3. The Morgan fingerprint density at radius 3 is 1.33 bits per heavy atom. The highest BCUT2D eigenvalue weighted by molar-refractivity contribution is 8.13. The molecule has 0 aromatic heterocycles. The molecule has 0 spiro atoms. The average molecular weight is 1430 g/mol. The lowest BCUT2D eigenvalue weighted by atomic mass is 9.89. The Labute approximate surface area is 549 Å². The molecular weight excluding hydrogens is 1360 g/mol. The summed E-state index contributed by atoms with van der Waals surface area (Å²) in [6.07, 6.45) is -2.40. The van der Waals surface area contributed by atoms with Gasteiger partial charge in [0.1, 0.15) is 22.8 Å². The topological polar surface area (TPSA) is 211 Å². The second-order valence-electron chi connectivity index (χ2n) is 23.6. The molecule has 1 amide bonds. The van der Waals surface area contributed by atoms with Gasteiger partial charge in [0.15, 0.2) is 40.3 Å². The molecule has 0 aliphatic rings. The van der Waals surface area contributed by atoms with Gasteiger partial charge in [-0.2, -0.15) is 61.1 Å². The maximum atomic E-state index is 14.1. The molecule has 2 N–H and O–H groups in total. The van der Waals surface area contributed by atoms with E-state index in [0.717, 1.165) is 43.2 Å². The van der Waals surface area contributed by atoms with Crippen molar-refractivity contribution in [3.8, 4) is 17.2 Å². The number of benzene rings is 6. The van der Waals surface area contributed by atoms with Gasteiger partial charge in [-0.1, -0.05) is 133 Å². The molecule has 2 unspecified atom stereocenters. The third-order valence-corrected chi connectivity index (χ3v) is 20.8. The fraction of sp³-hybridized carbons (Fsp3) is 0.415. The van der Waals surface area contributed by atoms with Gasteiger partial charge in [0, 0.05) is 12.0 Å². The fourth-order valence-corrected chi connectivity index (χ4v) is 12.5. The van der Waals surface area contributed by atoms with Crippen molar-refractivity contribution in [3.63, 3.8) is 0 Å². The molecule has 6 rings (SSSR count). The predicted octanol–water partition coefficient (Wildman–Crippen LogP) is 16.8. The van der Waals surface area contributed by atoms with Crippen molar-refractivity contribution < 1.29 is 106 Å². The van der Waals surface area contributed by atoms with E-state index in [1.807, 2.05) is 67.5 Å². The van der Waals surface area contributed by atoms with E-state index in [2.05, 4.69) is 100 Å². The van der Waals surface area contributed by atoms with E-state index in [1.165, 1.54) is 26.8 Å². The molecule has 6 aromatic carbocycles. The van der Waals surface area contributed by atoms with Crippen LogP contribution < -0.4 is 19.0 Å². The van der Waals surface area contributed by atoms with E-state index in [1.54, 1.807) is 45.0 Å². The SMILES string of the molecule is CCC(C)(C)C(=O)NCCc1ccc(OS(=O)(=O)C(F)(F)C(F)(F)C(F)(F)S(=O)(=O)[N-]S(=O)(=O)C(F)(F)F)cc1.CCC(C)(C)C(=O)Oc1ccc(OC(C)(C)C)cc1.CCC(C)c1ccc(C(C)(O)C(F)(F)F)cc1.c1ccc([S+](c2ccccc2)c2ccccc2)cc1. The summed E-state index contributed by atoms with van der Waals surface area (Å²) >= 11 is 0. The first-order chi connectivity index (χ1) is 43.4. The van der Waals surface area contributed by atoms with E-state index >= 15 is 0 Å². The number of alkyl halides is 12. The van der Waals surface area contributed by atoms with Crippen molar-refractivity contribution in [3.05, 3.63) is 185 Å². The summed E-state index contributed by atoms with van der Waals surface area (Å²) in [6.45, 7) is 21.6. The van der Waals surface area contributed by atoms with Crippen LogP contribution in [-0.2, 0) is 62.7 Å². The molecule has 6 aromatic rings. The standard InChI is InChI=1S/C18H20F9N2O8S3.C18H15S.C16H24O3.C13H17F3O/c1-4-14(2,3)13(30)28-10-9-11-5-7-12(8-6-11)37-40(35,36)17(23,24)15(19,20)16(21,22)38(31,32)29-39(33,34)18(25,26)27;1-4-10-16(11-5-1)19(17-12-6-2-7-13-17)18-14-8-3-9-15-18;1-7-16(5,6)14(17)18-12-8-10-13(11-9-12)19-15(2,3)4;1-4-9(2)10-5-7-11(8-6-10)12(3,17)13(14,15)16/h5-8H,4,9-10H2,1-3H3,(H,28,30);1-15H;8-11H,7H2,1-6H3;5-9,17H,4H2,1-3H3/q-1;+1;;. The summed E-state index contributed by atoms with van der Waals surface area (Å²) in [4.78, 5) is 28.0. The number of sulfonamides is 2. The van der Waals surface area contributed by atoms with Crippen molar-refractivity contribution in [2.75, 3.05) is 6.54 Å². The third kappa shape index (κ3) is 22.1. The second kappa shape index (κ2) is 32.5. The number of nitrogens with one attached hydrogen (secondary N) is 1. The molecule has 0 radical (unpaired) electrons. The Bertz CT molecular complexity index is 3670. The molecule has 0 fully saturated rings. The summed E-state index contributed by atoms with van der Waals surface area (Å²) in [7, 11) is -22.7. The molecule has 14 nitrogen and oxygen atoms in total. The Hall–Kier alpha value is -6.86. The number of esters is 1. The fourth-order valence-electron chi connectivity index (χ4n) is 7.25. The molecule has 0 aliphatic carbocycles. The number of carbonyl (C=O) groups excluding carboxylic acids is 2. The predicted molar refractivity (Wildman–Crippen MR) is 338 cm³/mol. The van der Waals surface area contributed by atoms with E-state index in [-0.39, 0.29) is 46.9 Å². The van der Waals surface area contributed by atoms with Crippen LogP contribution in [0, 0.1) is 10.8 Å². The van der Waals surface area contributed by atoms with Crippen LogP contribution in [0.15, 0.2) is 178 Å². The van der Waals surface area contributed by atoms with Crippen LogP contribution in [0.1, 0.15) is 125 Å². The maximum absolute atomic E-state index is 14.1. The van der Waals surface area contributed by atoms with Gasteiger partial charge < -0.3 is 28.2 Å². The lowest BCUT2D eigenvalue weighted by Crippen LogP contribution is -2.61. The number of nitrogens with zero attached hydrogens (tertiary/aromatic N) is 1. The van der Waals surface area contributed by atoms with Crippen LogP contribution in [0.2, 0.25) is 0 Å². The molecule has 2 atom stereocenters. The highest BCUT2D eigenvalue weighted by Gasteiger charge is 2.81. The molecule has 0 heterocycles. The van der Waals surface area contributed by atoms with Crippen LogP contribution in [0.25, 0.3) is 4.13 Å². The summed E-state index contributed by atoms with van der Waals surface area (Å²) in [5.41, 5.74) is -9.75. The van der Waals surface area contributed by atoms with Gasteiger partial charge in [-0.15, -0.1) is 0 Å². The number of ether oxygens (including phenoxy) is 2. The van der Waals surface area contributed by atoms with Crippen LogP contribution in [0.5, 0.6) is 17.2 Å². The molecule has 95 heavy (non-hydrogen) atoms. The maximum Gasteiger partial charge on any atom is 0.480 e. The van der Waals surface area contributed by atoms with E-state index in [4.69, 9.17) is 9.47 Å². The van der Waals surface area contributed by atoms with Gasteiger partial charge in [0.2, 0.25) is 5.91 Å². The summed E-state index contributed by atoms with van der Waals surface area (Å²) in [5.74, 6) is -7.70. The molecular formula is C65H76F12N2O12S4. The van der Waals surface area contributed by atoms with Gasteiger partial charge in [-0.3, -0.25) is 9.59 Å². The summed E-state index contributed by atoms with van der Waals surface area (Å²) in [5, 5.41) is -2.62. The molecule has 0 saturated heterocycles. The molecule has 0 aliphatic heterocycles. The van der Waals surface area contributed by atoms with Gasteiger partial charge in [0.05, 0.1) is 16.3 Å². The van der Waals surface area contributed by atoms with Crippen molar-refractivity contribution in [2.45, 2.75) is 169 Å². The van der Waals surface area contributed by atoms with E-state index < -0.39 is 80.5 Å². The van der Waals surface area contributed by atoms with E-state index in [0.29, 0.717) is 39.9 Å². The Kier molecular flexibility index (Phi) is 28.1. The quantitative estimate of drug-likeness (QED) is 0.0202. The van der Waals surface area contributed by atoms with Gasteiger partial charge in [0.25, 0.3) is 0 Å². The number of hydrogen-bond acceptors (Lipinski definition) is 12. The van der Waals surface area contributed by atoms with Gasteiger partial charge >= 0.3 is 44.2 Å². The molecule has 526 valence electrons. The number of hydrogen-bond donors (Lipinski definition) is 2. The second-order valence-corrected chi connectivity index (χ2v) is 30.6. The Morgan fingerprint density at radius 1 is 0.537 bits per heavy atom. The zero-order valence-electron chi connectivity index (χ0n) is 53.8. The Balaban J connectivity index is 0.000000357. The third-order valence-electron chi connectivity index (χ3n) is 14.2. The first-order valence-electron chi connectivity index (χ1n) is 28.9. The molecule has 0 saturated carbocycles. The van der Waals surface area contributed by atoms with Crippen LogP contribution in [0.3, 0.4) is 0 Å². The minimum atomic E-state index is -8.00. The number of aliphatic hydroxyl groups is 1. The molecule has 30 heteroatoms. The van der Waals surface area contributed by atoms with Crippen molar-refractivity contribution >= 4 is 52.9 Å². The molecule has 0 bridgehead atoms. The zero-order chi connectivity index (χ0) is 72.7. The number of rotatable bonds is 23. The first-order valence-corrected chi connectivity index (χ1v) is 34.4. The minimum absolute atomic E-state index is 0.0146. The summed E-state index contributed by atoms with van der Waals surface area (Å²) < 4.78 is 241. The minimum Gasteiger partial charge on any atom is -0.488 e. The number of amides is 1. The van der Waals surface area contributed by atoms with Crippen molar-refractivity contribution in [1.82, 2.24) is 5.32 Å². The van der Waals surface area contributed by atoms with Crippen LogP contribution in [-0.4, -0.2) is 82.5 Å². The monoisotopic (exact) mass is 1430 g/mol. The lowest BCUT2D eigenvalue weighted by molar-refractivity contribution is -0.258. The number of halogens is 12. The smallest absolute Gasteiger partial charge is 0.480 e. The van der Waals surface area contributed by atoms with Crippen molar-refractivity contribution in [2.24, 2.45) is 10.8 Å². The first kappa shape index (κ1) is 82.4. The lowest BCUT2D eigenvalue weighted by Gasteiger charge is -2.35. The highest BCUT2D eigenvalue weighted by Crippen LogP contribution is 2.53.